The highest BCUT2D eigenvalue weighted by Gasteiger charge is 2.28. The Kier molecular flexibility index (Phi) is 10.2. The second-order valence-electron chi connectivity index (χ2n) is 11.6. The quantitative estimate of drug-likeness (QED) is 0.306. The molecule has 0 unspecified atom stereocenters. The molecule has 0 bridgehead atoms. The first-order valence-electron chi connectivity index (χ1n) is 14.8. The Morgan fingerprint density at radius 3 is 2.36 bits per heavy atom. The van der Waals surface area contributed by atoms with Crippen LogP contribution in [0.25, 0.3) is 0 Å². The number of halogens is 1. The molecule has 13 heteroatoms. The Balaban J connectivity index is 1.31. The molecule has 3 aromatic rings. The number of nitrogens with one attached hydrogen (secondary N) is 2. The number of nitrogens with zero attached hydrogens (tertiary/aromatic N) is 5. The molecule has 5 rings (SSSR count). The average molecular weight is 689 g/mol. The van der Waals surface area contributed by atoms with Crippen LogP contribution in [-0.4, -0.2) is 101 Å². The van der Waals surface area contributed by atoms with E-state index in [4.69, 9.17) is 9.47 Å². The minimum Gasteiger partial charge on any atom is -0.497 e. The van der Waals surface area contributed by atoms with Crippen molar-refractivity contribution < 1.29 is 17.9 Å². The van der Waals surface area contributed by atoms with E-state index in [1.807, 2.05) is 0 Å². The van der Waals surface area contributed by atoms with Gasteiger partial charge in [0.15, 0.2) is 9.84 Å². The summed E-state index contributed by atoms with van der Waals surface area (Å²) >= 11 is 3.52. The van der Waals surface area contributed by atoms with Gasteiger partial charge in [0.05, 0.1) is 30.1 Å². The molecule has 11 nitrogen and oxygen atoms in total. The number of benzene rings is 2. The molecule has 2 N–H and O–H groups in total. The third-order valence-corrected chi connectivity index (χ3v) is 9.77. The van der Waals surface area contributed by atoms with Gasteiger partial charge in [-0.2, -0.15) is 4.98 Å². The van der Waals surface area contributed by atoms with E-state index in [1.54, 1.807) is 38.6 Å². The predicted octanol–water partition coefficient (Wildman–Crippen LogP) is 4.81. The van der Waals surface area contributed by atoms with Crippen LogP contribution < -0.4 is 25.0 Å². The van der Waals surface area contributed by atoms with Gasteiger partial charge < -0.3 is 29.9 Å². The van der Waals surface area contributed by atoms with Gasteiger partial charge in [0.2, 0.25) is 5.95 Å². The molecular weight excluding hydrogens is 646 g/mol. The van der Waals surface area contributed by atoms with E-state index >= 15 is 0 Å². The van der Waals surface area contributed by atoms with Crippen molar-refractivity contribution in [3.63, 3.8) is 0 Å². The number of aromatic nitrogens is 2. The summed E-state index contributed by atoms with van der Waals surface area (Å²) in [6.45, 7) is 8.77. The number of hydrogen-bond donors (Lipinski definition) is 2. The molecule has 0 radical (unpaired) electrons. The molecule has 1 aromatic heterocycles. The number of sulfone groups is 1. The van der Waals surface area contributed by atoms with Crippen LogP contribution in [0.2, 0.25) is 0 Å². The van der Waals surface area contributed by atoms with Crippen molar-refractivity contribution in [2.45, 2.75) is 31.6 Å². The Hall–Kier alpha value is -3.13. The number of piperazine rings is 1. The lowest BCUT2D eigenvalue weighted by Gasteiger charge is -2.43. The molecule has 0 spiro atoms. The summed E-state index contributed by atoms with van der Waals surface area (Å²) in [5, 5.41) is 6.58. The van der Waals surface area contributed by atoms with E-state index in [0.717, 1.165) is 63.4 Å². The zero-order valence-corrected chi connectivity index (χ0v) is 28.5. The van der Waals surface area contributed by atoms with Gasteiger partial charge in [-0.25, -0.2) is 13.4 Å². The molecule has 2 aliphatic heterocycles. The second-order valence-corrected chi connectivity index (χ2v) is 14.6. The molecule has 2 saturated heterocycles. The van der Waals surface area contributed by atoms with Crippen molar-refractivity contribution in [2.75, 3.05) is 82.3 Å². The predicted molar refractivity (Wildman–Crippen MR) is 180 cm³/mol. The minimum absolute atomic E-state index is 0.142. The van der Waals surface area contributed by atoms with Gasteiger partial charge in [-0.1, -0.05) is 0 Å². The number of likely N-dealkylation sites (N-methyl/N-ethyl adjacent to an activating group) is 1. The number of methoxy groups -OCH3 is 2. The third kappa shape index (κ3) is 7.92. The van der Waals surface area contributed by atoms with Crippen molar-refractivity contribution in [1.29, 1.82) is 0 Å². The van der Waals surface area contributed by atoms with Gasteiger partial charge in [0.25, 0.3) is 0 Å². The van der Waals surface area contributed by atoms with Gasteiger partial charge in [-0.15, -0.1) is 0 Å². The maximum absolute atomic E-state index is 12.1. The molecule has 0 amide bonds. The Morgan fingerprint density at radius 1 is 0.977 bits per heavy atom. The standard InChI is InChI=1S/C31H42BrN7O4S/c1-21-16-27(29(43-4)18-28(21)39-10-8-23(9-11-39)38-14-12-37(2)13-15-38)35-31-33-19-25(32)30(36-31)34-26-7-6-24(42-3)17-22(26)20-44(5,40)41/h6-7,16-19,23H,8-15,20H2,1-5H3,(H2,33,34,35,36). The fourth-order valence-electron chi connectivity index (χ4n) is 5.93. The van der Waals surface area contributed by atoms with E-state index in [1.165, 1.54) is 11.9 Å². The van der Waals surface area contributed by atoms with Crippen molar-refractivity contribution in [3.8, 4) is 11.5 Å². The second kappa shape index (κ2) is 13.9. The van der Waals surface area contributed by atoms with E-state index < -0.39 is 9.84 Å². The van der Waals surface area contributed by atoms with Crippen molar-refractivity contribution in [3.05, 3.63) is 52.1 Å². The highest BCUT2D eigenvalue weighted by molar-refractivity contribution is 9.10. The van der Waals surface area contributed by atoms with Crippen LogP contribution in [0.15, 0.2) is 41.0 Å². The van der Waals surface area contributed by atoms with Crippen molar-refractivity contribution in [1.82, 2.24) is 19.8 Å². The number of piperidine rings is 1. The molecule has 2 fully saturated rings. The Morgan fingerprint density at radius 2 is 1.70 bits per heavy atom. The van der Waals surface area contributed by atoms with Crippen LogP contribution >= 0.6 is 15.9 Å². The van der Waals surface area contributed by atoms with Crippen LogP contribution in [0.3, 0.4) is 0 Å². The summed E-state index contributed by atoms with van der Waals surface area (Å²) in [6, 6.07) is 10.1. The fraction of sp³-hybridized carbons (Fsp3) is 0.484. The van der Waals surface area contributed by atoms with E-state index in [0.29, 0.717) is 45.0 Å². The molecule has 2 aromatic carbocycles. The monoisotopic (exact) mass is 687 g/mol. The number of anilines is 5. The Bertz CT molecular complexity index is 1570. The summed E-state index contributed by atoms with van der Waals surface area (Å²) in [5.74, 6) is 1.99. The molecule has 238 valence electrons. The summed E-state index contributed by atoms with van der Waals surface area (Å²) < 4.78 is 36.0. The summed E-state index contributed by atoms with van der Waals surface area (Å²) in [6.07, 6.45) is 5.17. The lowest BCUT2D eigenvalue weighted by atomic mass is 10.0. The number of hydrogen-bond acceptors (Lipinski definition) is 11. The molecule has 3 heterocycles. The van der Waals surface area contributed by atoms with Gasteiger partial charge in [-0.05, 0) is 78.1 Å². The maximum atomic E-state index is 12.1. The summed E-state index contributed by atoms with van der Waals surface area (Å²) in [7, 11) is 2.14. The van der Waals surface area contributed by atoms with Gasteiger partial charge in [0.1, 0.15) is 17.3 Å². The minimum atomic E-state index is -3.28. The largest absolute Gasteiger partial charge is 0.497 e. The van der Waals surface area contributed by atoms with Crippen LogP contribution in [-0.2, 0) is 15.6 Å². The van der Waals surface area contributed by atoms with Crippen LogP contribution in [0.1, 0.15) is 24.0 Å². The van der Waals surface area contributed by atoms with E-state index in [-0.39, 0.29) is 5.75 Å². The number of aryl methyl sites for hydroxylation is 1. The van der Waals surface area contributed by atoms with Crippen LogP contribution in [0, 0.1) is 6.92 Å². The third-order valence-electron chi connectivity index (χ3n) is 8.35. The molecule has 0 saturated carbocycles. The normalized spacial score (nSPS) is 17.0. The maximum Gasteiger partial charge on any atom is 0.229 e. The fourth-order valence-corrected chi connectivity index (χ4v) is 7.02. The number of rotatable bonds is 10. The van der Waals surface area contributed by atoms with Crippen LogP contribution in [0.5, 0.6) is 11.5 Å². The first-order chi connectivity index (χ1) is 21.0. The number of ether oxygens (including phenoxy) is 2. The smallest absolute Gasteiger partial charge is 0.229 e. The zero-order valence-electron chi connectivity index (χ0n) is 26.1. The van der Waals surface area contributed by atoms with E-state index in [9.17, 15) is 8.42 Å². The first kappa shape index (κ1) is 32.3. The topological polar surface area (TPSA) is 112 Å². The molecule has 0 atom stereocenters. The van der Waals surface area contributed by atoms with Gasteiger partial charge >= 0.3 is 0 Å². The van der Waals surface area contributed by atoms with Gasteiger partial charge in [-0.3, -0.25) is 4.90 Å². The summed E-state index contributed by atoms with van der Waals surface area (Å²) in [5.41, 5.74) is 4.27. The average Bonchev–Trinajstić information content (AvgIpc) is 2.99. The highest BCUT2D eigenvalue weighted by Crippen LogP contribution is 2.37. The van der Waals surface area contributed by atoms with Crippen molar-refractivity contribution in [2.24, 2.45) is 0 Å². The lowest BCUT2D eigenvalue weighted by Crippen LogP contribution is -2.52. The molecule has 2 aliphatic rings. The van der Waals surface area contributed by atoms with Crippen molar-refractivity contribution >= 4 is 54.6 Å². The summed E-state index contributed by atoms with van der Waals surface area (Å²) in [4.78, 5) is 16.7. The van der Waals surface area contributed by atoms with E-state index in [2.05, 4.69) is 77.3 Å². The molecule has 0 aliphatic carbocycles. The SMILES string of the molecule is COc1ccc(Nc2nc(Nc3cc(C)c(N4CCC(N5CCN(C)CC5)CC4)cc3OC)ncc2Br)c(CS(C)(=O)=O)c1. The lowest BCUT2D eigenvalue weighted by molar-refractivity contribution is 0.0982. The Labute approximate surface area is 269 Å². The zero-order chi connectivity index (χ0) is 31.4. The van der Waals surface area contributed by atoms with Gasteiger partial charge in [0, 0.05) is 75.2 Å². The molecular formula is C31H42BrN7O4S. The molecule has 44 heavy (non-hydrogen) atoms. The highest BCUT2D eigenvalue weighted by atomic mass is 79.9. The van der Waals surface area contributed by atoms with Crippen LogP contribution in [0.4, 0.5) is 28.8 Å². The first-order valence-corrected chi connectivity index (χ1v) is 17.7.